The Labute approximate surface area is 127 Å². The molecular formula is C12H15Br3S. The molecule has 0 amide bonds. The summed E-state index contributed by atoms with van der Waals surface area (Å²) in [7, 11) is 0. The van der Waals surface area contributed by atoms with E-state index < -0.39 is 0 Å². The highest BCUT2D eigenvalue weighted by Gasteiger charge is 2.26. The molecule has 1 aromatic heterocycles. The van der Waals surface area contributed by atoms with E-state index in [2.05, 4.69) is 60.8 Å². The quantitative estimate of drug-likeness (QED) is 0.467. The van der Waals surface area contributed by atoms with E-state index in [-0.39, 0.29) is 0 Å². The molecular weight excluding hydrogens is 416 g/mol. The van der Waals surface area contributed by atoms with Crippen LogP contribution in [0.25, 0.3) is 0 Å². The van der Waals surface area contributed by atoms with Gasteiger partial charge in [0.1, 0.15) is 0 Å². The Balaban J connectivity index is 2.04. The molecule has 0 bridgehead atoms. The molecule has 0 saturated heterocycles. The van der Waals surface area contributed by atoms with Crippen molar-refractivity contribution < 1.29 is 0 Å². The summed E-state index contributed by atoms with van der Waals surface area (Å²) in [5.41, 5.74) is 0. The summed E-state index contributed by atoms with van der Waals surface area (Å²) in [4.78, 5) is 1.98. The molecule has 16 heavy (non-hydrogen) atoms. The van der Waals surface area contributed by atoms with Crippen molar-refractivity contribution in [3.05, 3.63) is 19.2 Å². The zero-order chi connectivity index (χ0) is 11.7. The van der Waals surface area contributed by atoms with E-state index >= 15 is 0 Å². The van der Waals surface area contributed by atoms with Crippen LogP contribution in [-0.2, 0) is 0 Å². The molecule has 90 valence electrons. The van der Waals surface area contributed by atoms with Crippen LogP contribution in [0, 0.1) is 11.8 Å². The van der Waals surface area contributed by atoms with Gasteiger partial charge in [-0.25, -0.2) is 0 Å². The summed E-state index contributed by atoms with van der Waals surface area (Å²) in [6, 6.07) is 2.24. The number of rotatable bonds is 2. The van der Waals surface area contributed by atoms with E-state index in [0.717, 1.165) is 11.8 Å². The highest BCUT2D eigenvalue weighted by Crippen LogP contribution is 2.46. The second kappa shape index (κ2) is 5.85. The largest absolute Gasteiger partial charge is 0.131 e. The van der Waals surface area contributed by atoms with Gasteiger partial charge in [-0.3, -0.25) is 0 Å². The van der Waals surface area contributed by atoms with E-state index in [1.165, 1.54) is 38.8 Å². The molecule has 0 radical (unpaired) electrons. The van der Waals surface area contributed by atoms with Crippen molar-refractivity contribution in [3.8, 4) is 0 Å². The van der Waals surface area contributed by atoms with Crippen molar-refractivity contribution >= 4 is 59.1 Å². The Morgan fingerprint density at radius 3 is 2.38 bits per heavy atom. The normalized spacial score (nSPS) is 28.0. The summed E-state index contributed by atoms with van der Waals surface area (Å²) < 4.78 is 2.39. The van der Waals surface area contributed by atoms with Crippen LogP contribution in [0.1, 0.15) is 42.3 Å². The fourth-order valence-electron chi connectivity index (χ4n) is 2.31. The third-order valence-electron chi connectivity index (χ3n) is 3.41. The lowest BCUT2D eigenvalue weighted by atomic mass is 9.81. The molecule has 1 heterocycles. The lowest BCUT2D eigenvalue weighted by Crippen LogP contribution is -2.15. The minimum absolute atomic E-state index is 0.535. The summed E-state index contributed by atoms with van der Waals surface area (Å²) in [6.45, 7) is 2.37. The Bertz CT molecular complexity index is 334. The van der Waals surface area contributed by atoms with Gasteiger partial charge in [-0.15, -0.1) is 11.3 Å². The zero-order valence-electron chi connectivity index (χ0n) is 9.18. The molecule has 1 unspecified atom stereocenters. The van der Waals surface area contributed by atoms with Crippen molar-refractivity contribution in [1.29, 1.82) is 0 Å². The number of alkyl halides is 1. The van der Waals surface area contributed by atoms with Crippen molar-refractivity contribution in [2.75, 3.05) is 0 Å². The zero-order valence-corrected chi connectivity index (χ0v) is 14.8. The van der Waals surface area contributed by atoms with Gasteiger partial charge in [-0.05, 0) is 62.6 Å². The predicted molar refractivity (Wildman–Crippen MR) is 82.5 cm³/mol. The number of hydrogen-bond acceptors (Lipinski definition) is 1. The lowest BCUT2D eigenvalue weighted by molar-refractivity contribution is 0.288. The van der Waals surface area contributed by atoms with Gasteiger partial charge in [0.25, 0.3) is 0 Å². The fourth-order valence-corrected chi connectivity index (χ4v) is 5.41. The number of hydrogen-bond donors (Lipinski definition) is 0. The highest BCUT2D eigenvalue weighted by molar-refractivity contribution is 9.13. The van der Waals surface area contributed by atoms with Crippen molar-refractivity contribution in [1.82, 2.24) is 0 Å². The van der Waals surface area contributed by atoms with Crippen molar-refractivity contribution in [2.24, 2.45) is 11.8 Å². The van der Waals surface area contributed by atoms with Crippen LogP contribution in [0.3, 0.4) is 0 Å². The molecule has 1 aliphatic rings. The topological polar surface area (TPSA) is 0 Å². The molecule has 1 fully saturated rings. The van der Waals surface area contributed by atoms with Crippen molar-refractivity contribution in [2.45, 2.75) is 37.4 Å². The van der Waals surface area contributed by atoms with E-state index in [4.69, 9.17) is 0 Å². The third-order valence-corrected chi connectivity index (χ3v) is 8.29. The minimum Gasteiger partial charge on any atom is -0.131 e. The van der Waals surface area contributed by atoms with Gasteiger partial charge in [0.05, 0.1) is 8.61 Å². The average Bonchev–Trinajstić information content (AvgIpc) is 2.59. The third kappa shape index (κ3) is 3.12. The van der Waals surface area contributed by atoms with Crippen molar-refractivity contribution in [3.63, 3.8) is 0 Å². The van der Waals surface area contributed by atoms with Crippen LogP contribution < -0.4 is 0 Å². The standard InChI is InChI=1S/C12H15Br3S/c1-7-2-4-8(5-3-7)11(14)10-6-9(13)12(15)16-10/h6-8,11H,2-5H2,1H3. The second-order valence-corrected chi connectivity index (χ2v) is 8.93. The van der Waals surface area contributed by atoms with Crippen LogP contribution in [0.4, 0.5) is 0 Å². The monoisotopic (exact) mass is 428 g/mol. The Kier molecular flexibility index (Phi) is 4.96. The molecule has 0 spiro atoms. The molecule has 1 saturated carbocycles. The molecule has 0 nitrogen and oxygen atoms in total. The van der Waals surface area contributed by atoms with Crippen LogP contribution >= 0.6 is 59.1 Å². The van der Waals surface area contributed by atoms with Gasteiger partial charge >= 0.3 is 0 Å². The Hall–Kier alpha value is 1.14. The lowest BCUT2D eigenvalue weighted by Gasteiger charge is -2.29. The van der Waals surface area contributed by atoms with Crippen LogP contribution in [0.15, 0.2) is 14.3 Å². The summed E-state index contributed by atoms with van der Waals surface area (Å²) in [5, 5.41) is 0. The van der Waals surface area contributed by atoms with Crippen LogP contribution in [0.2, 0.25) is 0 Å². The maximum Gasteiger partial charge on any atom is 0.0843 e. The van der Waals surface area contributed by atoms with Gasteiger partial charge < -0.3 is 0 Å². The van der Waals surface area contributed by atoms with Gasteiger partial charge in [-0.2, -0.15) is 0 Å². The molecule has 4 heteroatoms. The second-order valence-electron chi connectivity index (χ2n) is 4.69. The van der Waals surface area contributed by atoms with Gasteiger partial charge in [-0.1, -0.05) is 35.7 Å². The molecule has 1 atom stereocenters. The van der Waals surface area contributed by atoms with E-state index in [1.807, 2.05) is 11.3 Å². The first kappa shape index (κ1) is 13.6. The molecule has 1 aromatic rings. The highest BCUT2D eigenvalue weighted by atomic mass is 79.9. The first-order valence-corrected chi connectivity index (χ1v) is 8.98. The molecule has 0 aliphatic heterocycles. The average molecular weight is 431 g/mol. The Morgan fingerprint density at radius 2 is 1.88 bits per heavy atom. The van der Waals surface area contributed by atoms with E-state index in [9.17, 15) is 0 Å². The maximum absolute atomic E-state index is 3.88. The van der Waals surface area contributed by atoms with Crippen LogP contribution in [0.5, 0.6) is 0 Å². The summed E-state index contributed by atoms with van der Waals surface area (Å²) >= 11 is 12.9. The van der Waals surface area contributed by atoms with Gasteiger partial charge in [0.15, 0.2) is 0 Å². The van der Waals surface area contributed by atoms with Gasteiger partial charge in [0, 0.05) is 9.35 Å². The number of thiophene rings is 1. The smallest absolute Gasteiger partial charge is 0.0843 e. The van der Waals surface area contributed by atoms with Crippen LogP contribution in [-0.4, -0.2) is 0 Å². The SMILES string of the molecule is CC1CCC(C(Br)c2cc(Br)c(Br)s2)CC1. The first-order valence-electron chi connectivity index (χ1n) is 5.66. The Morgan fingerprint density at radius 1 is 1.25 bits per heavy atom. The first-order chi connectivity index (χ1) is 7.58. The molecule has 0 aromatic carbocycles. The van der Waals surface area contributed by atoms with E-state index in [1.54, 1.807) is 0 Å². The van der Waals surface area contributed by atoms with E-state index in [0.29, 0.717) is 4.83 Å². The van der Waals surface area contributed by atoms with Gasteiger partial charge in [0.2, 0.25) is 0 Å². The molecule has 1 aliphatic carbocycles. The molecule has 0 N–H and O–H groups in total. The number of halogens is 3. The maximum atomic E-state index is 3.88. The predicted octanol–water partition coefficient (Wildman–Crippen LogP) is 6.54. The minimum atomic E-state index is 0.535. The summed E-state index contributed by atoms with van der Waals surface area (Å²) in [5.74, 6) is 1.74. The summed E-state index contributed by atoms with van der Waals surface area (Å²) in [6.07, 6.45) is 5.51. The fraction of sp³-hybridized carbons (Fsp3) is 0.667. The molecule has 2 rings (SSSR count).